The number of aromatic nitrogens is 2. The van der Waals surface area contributed by atoms with Gasteiger partial charge >= 0.3 is 0 Å². The zero-order chi connectivity index (χ0) is 15.8. The maximum atomic E-state index is 5.78. The van der Waals surface area contributed by atoms with Gasteiger partial charge in [0.1, 0.15) is 18.2 Å². The lowest BCUT2D eigenvalue weighted by molar-refractivity contribution is 0.0540. The fourth-order valence-electron chi connectivity index (χ4n) is 1.75. The summed E-state index contributed by atoms with van der Waals surface area (Å²) in [5, 5.41) is 3.34. The molecule has 1 aromatic heterocycles. The van der Waals surface area contributed by atoms with E-state index in [1.54, 1.807) is 0 Å². The molecule has 1 heterocycles. The first kappa shape index (κ1) is 17.7. The third kappa shape index (κ3) is 5.87. The summed E-state index contributed by atoms with van der Waals surface area (Å²) < 4.78 is 11.3. The van der Waals surface area contributed by atoms with Gasteiger partial charge in [-0.3, -0.25) is 0 Å². The number of nitrogens with zero attached hydrogens (tertiary/aromatic N) is 2. The molecule has 0 atom stereocenters. The summed E-state index contributed by atoms with van der Waals surface area (Å²) in [7, 11) is 0. The second-order valence-electron chi connectivity index (χ2n) is 5.71. The highest BCUT2D eigenvalue weighted by Gasteiger charge is 2.14. The molecule has 5 nitrogen and oxygen atoms in total. The largest absolute Gasteiger partial charge is 0.475 e. The van der Waals surface area contributed by atoms with Crippen molar-refractivity contribution in [2.75, 3.05) is 25.1 Å². The first-order chi connectivity index (χ1) is 9.95. The van der Waals surface area contributed by atoms with Crippen molar-refractivity contribution in [2.45, 2.75) is 60.0 Å². The van der Waals surface area contributed by atoms with Crippen LogP contribution < -0.4 is 10.1 Å². The second-order valence-corrected chi connectivity index (χ2v) is 5.71. The molecule has 0 radical (unpaired) electrons. The minimum Gasteiger partial charge on any atom is -0.475 e. The van der Waals surface area contributed by atoms with Crippen molar-refractivity contribution in [3.63, 3.8) is 0 Å². The van der Waals surface area contributed by atoms with Crippen molar-refractivity contribution >= 4 is 5.82 Å². The molecule has 0 aliphatic rings. The molecule has 1 N–H and O–H groups in total. The summed E-state index contributed by atoms with van der Waals surface area (Å²) >= 11 is 0. The third-order valence-electron chi connectivity index (χ3n) is 2.95. The molecule has 0 aliphatic heterocycles. The molecule has 0 unspecified atom stereocenters. The average molecular weight is 295 g/mol. The van der Waals surface area contributed by atoms with Gasteiger partial charge in [-0.05, 0) is 27.2 Å². The van der Waals surface area contributed by atoms with Gasteiger partial charge in [-0.25, -0.2) is 4.98 Å². The van der Waals surface area contributed by atoms with E-state index < -0.39 is 0 Å². The lowest BCUT2D eigenvalue weighted by atomic mass is 10.2. The van der Waals surface area contributed by atoms with E-state index in [0.29, 0.717) is 19.1 Å². The van der Waals surface area contributed by atoms with Gasteiger partial charge in [0, 0.05) is 12.5 Å². The maximum Gasteiger partial charge on any atom is 0.221 e. The molecule has 1 rings (SSSR count). The average Bonchev–Trinajstić information content (AvgIpc) is 2.43. The number of hydrogen-bond acceptors (Lipinski definition) is 5. The summed E-state index contributed by atoms with van der Waals surface area (Å²) in [6.07, 6.45) is 1.27. The fraction of sp³-hybridized carbons (Fsp3) is 0.750. The predicted molar refractivity (Wildman–Crippen MR) is 86.2 cm³/mol. The zero-order valence-electron chi connectivity index (χ0n) is 14.2. The van der Waals surface area contributed by atoms with E-state index in [-0.39, 0.29) is 12.0 Å². The first-order valence-electron chi connectivity index (χ1n) is 7.82. The molecule has 1 aromatic rings. The highest BCUT2D eigenvalue weighted by molar-refractivity contribution is 5.48. The topological polar surface area (TPSA) is 56.3 Å². The van der Waals surface area contributed by atoms with Gasteiger partial charge in [0.25, 0.3) is 0 Å². The highest BCUT2D eigenvalue weighted by atomic mass is 16.5. The zero-order valence-corrected chi connectivity index (χ0v) is 14.2. The summed E-state index contributed by atoms with van der Waals surface area (Å²) in [6.45, 7) is 14.3. The van der Waals surface area contributed by atoms with Crippen molar-refractivity contribution in [3.05, 3.63) is 11.4 Å². The van der Waals surface area contributed by atoms with E-state index in [2.05, 4.69) is 36.1 Å². The molecular formula is C16H29N3O2. The second kappa shape index (κ2) is 8.82. The van der Waals surface area contributed by atoms with Crippen LogP contribution in [0.3, 0.4) is 0 Å². The predicted octanol–water partition coefficient (Wildman–Crippen LogP) is 3.53. The van der Waals surface area contributed by atoms with Crippen LogP contribution in [0.5, 0.6) is 5.88 Å². The van der Waals surface area contributed by atoms with Gasteiger partial charge in [0.2, 0.25) is 5.88 Å². The van der Waals surface area contributed by atoms with Crippen LogP contribution in [0.1, 0.15) is 58.3 Å². The van der Waals surface area contributed by atoms with Gasteiger partial charge in [0.15, 0.2) is 0 Å². The molecular weight excluding hydrogens is 266 g/mol. The van der Waals surface area contributed by atoms with Crippen LogP contribution >= 0.6 is 0 Å². The Bertz CT molecular complexity index is 434. The Balaban J connectivity index is 2.82. The molecule has 0 saturated heterocycles. The van der Waals surface area contributed by atoms with Crippen LogP contribution in [-0.4, -0.2) is 35.8 Å². The van der Waals surface area contributed by atoms with Crippen LogP contribution in [0, 0.1) is 6.92 Å². The maximum absolute atomic E-state index is 5.78. The lowest BCUT2D eigenvalue weighted by Gasteiger charge is -2.16. The number of nitrogens with one attached hydrogen (secondary N) is 1. The van der Waals surface area contributed by atoms with Crippen molar-refractivity contribution < 1.29 is 9.47 Å². The quantitative estimate of drug-likeness (QED) is 0.706. The molecule has 0 saturated carbocycles. The van der Waals surface area contributed by atoms with Crippen molar-refractivity contribution in [1.29, 1.82) is 0 Å². The smallest absolute Gasteiger partial charge is 0.221 e. The van der Waals surface area contributed by atoms with Gasteiger partial charge < -0.3 is 14.8 Å². The van der Waals surface area contributed by atoms with Crippen molar-refractivity contribution in [1.82, 2.24) is 9.97 Å². The van der Waals surface area contributed by atoms with Gasteiger partial charge in [-0.15, -0.1) is 0 Å². The summed E-state index contributed by atoms with van der Waals surface area (Å²) in [4.78, 5) is 9.12. The highest BCUT2D eigenvalue weighted by Crippen LogP contribution is 2.24. The Morgan fingerprint density at radius 3 is 2.38 bits per heavy atom. The van der Waals surface area contributed by atoms with Gasteiger partial charge in [-0.2, -0.15) is 4.98 Å². The monoisotopic (exact) mass is 295 g/mol. The van der Waals surface area contributed by atoms with E-state index in [1.807, 2.05) is 20.8 Å². The Morgan fingerprint density at radius 2 is 1.81 bits per heavy atom. The molecule has 0 bridgehead atoms. The number of anilines is 1. The van der Waals surface area contributed by atoms with E-state index in [9.17, 15) is 0 Å². The number of ether oxygens (including phenoxy) is 2. The van der Waals surface area contributed by atoms with Crippen LogP contribution in [0.25, 0.3) is 0 Å². The summed E-state index contributed by atoms with van der Waals surface area (Å²) in [5.41, 5.74) is 0.956. The normalized spacial score (nSPS) is 11.2. The Kier molecular flexibility index (Phi) is 7.43. The lowest BCUT2D eigenvalue weighted by Crippen LogP contribution is -2.15. The first-order valence-corrected chi connectivity index (χ1v) is 7.82. The Labute approximate surface area is 128 Å². The van der Waals surface area contributed by atoms with Crippen LogP contribution in [-0.2, 0) is 4.74 Å². The molecule has 0 spiro atoms. The van der Waals surface area contributed by atoms with Crippen LogP contribution in [0.4, 0.5) is 5.82 Å². The minimum absolute atomic E-state index is 0.216. The Morgan fingerprint density at radius 1 is 1.10 bits per heavy atom. The number of hydrogen-bond donors (Lipinski definition) is 1. The van der Waals surface area contributed by atoms with E-state index in [4.69, 9.17) is 9.47 Å². The molecule has 0 aliphatic carbocycles. The minimum atomic E-state index is 0.216. The van der Waals surface area contributed by atoms with E-state index in [0.717, 1.165) is 30.2 Å². The molecule has 0 amide bonds. The molecule has 5 heteroatoms. The molecule has 21 heavy (non-hydrogen) atoms. The fourth-order valence-corrected chi connectivity index (χ4v) is 1.75. The van der Waals surface area contributed by atoms with Gasteiger partial charge in [0.05, 0.1) is 18.3 Å². The van der Waals surface area contributed by atoms with E-state index in [1.165, 1.54) is 0 Å². The van der Waals surface area contributed by atoms with Crippen LogP contribution in [0.15, 0.2) is 0 Å². The molecule has 0 aromatic carbocycles. The summed E-state index contributed by atoms with van der Waals surface area (Å²) in [5.74, 6) is 2.59. The standard InChI is InChI=1S/C16H29N3O2/c1-7-8-17-15-13(6)16(19-14(18-15)11(2)3)21-10-9-20-12(4)5/h11-12H,7-10H2,1-6H3,(H,17,18,19). The Hall–Kier alpha value is -1.36. The summed E-state index contributed by atoms with van der Waals surface area (Å²) in [6, 6.07) is 0. The SMILES string of the molecule is CCCNc1nc(C(C)C)nc(OCCOC(C)C)c1C. The van der Waals surface area contributed by atoms with Crippen molar-refractivity contribution in [3.8, 4) is 5.88 Å². The molecule has 120 valence electrons. The van der Waals surface area contributed by atoms with Gasteiger partial charge in [-0.1, -0.05) is 20.8 Å². The van der Waals surface area contributed by atoms with E-state index >= 15 is 0 Å². The van der Waals surface area contributed by atoms with Crippen LogP contribution in [0.2, 0.25) is 0 Å². The van der Waals surface area contributed by atoms with Crippen molar-refractivity contribution in [2.24, 2.45) is 0 Å². The molecule has 0 fully saturated rings. The third-order valence-corrected chi connectivity index (χ3v) is 2.95. The number of rotatable bonds is 9.